The van der Waals surface area contributed by atoms with Crippen molar-refractivity contribution in [2.75, 3.05) is 32.4 Å². The third-order valence-corrected chi connectivity index (χ3v) is 5.72. The van der Waals surface area contributed by atoms with Gasteiger partial charge in [-0.3, -0.25) is 0 Å². The minimum absolute atomic E-state index is 0.198. The van der Waals surface area contributed by atoms with Crippen molar-refractivity contribution in [3.63, 3.8) is 0 Å². The second-order valence-corrected chi connectivity index (χ2v) is 7.22. The Labute approximate surface area is 119 Å². The van der Waals surface area contributed by atoms with Crippen molar-refractivity contribution in [3.05, 3.63) is 23.2 Å². The molecule has 1 fully saturated rings. The van der Waals surface area contributed by atoms with E-state index < -0.39 is 10.0 Å². The van der Waals surface area contributed by atoms with E-state index in [0.717, 1.165) is 6.54 Å². The average Bonchev–Trinajstić information content (AvgIpc) is 2.35. The van der Waals surface area contributed by atoms with E-state index in [0.29, 0.717) is 18.8 Å². The fourth-order valence-electron chi connectivity index (χ4n) is 2.05. The average molecular weight is 304 g/mol. The summed E-state index contributed by atoms with van der Waals surface area (Å²) in [6.45, 7) is 3.72. The first kappa shape index (κ1) is 14.6. The van der Waals surface area contributed by atoms with Gasteiger partial charge in [0.15, 0.2) is 0 Å². The van der Waals surface area contributed by atoms with Gasteiger partial charge in [0.05, 0.1) is 15.6 Å². The number of rotatable bonds is 2. The maximum atomic E-state index is 12.5. The van der Waals surface area contributed by atoms with Gasteiger partial charge in [0, 0.05) is 25.7 Å². The lowest BCUT2D eigenvalue weighted by Crippen LogP contribution is -2.51. The van der Waals surface area contributed by atoms with Crippen molar-refractivity contribution in [3.8, 4) is 0 Å². The molecule has 1 heterocycles. The molecule has 0 radical (unpaired) electrons. The first-order chi connectivity index (χ1) is 8.82. The first-order valence-corrected chi connectivity index (χ1v) is 7.89. The maximum absolute atomic E-state index is 12.5. The Balaban J connectivity index is 2.29. The Kier molecular flexibility index (Phi) is 4.06. The Morgan fingerprint density at radius 2 is 2.05 bits per heavy atom. The van der Waals surface area contributed by atoms with Gasteiger partial charge in [-0.2, -0.15) is 4.31 Å². The smallest absolute Gasteiger partial charge is 0.243 e. The molecule has 19 heavy (non-hydrogen) atoms. The van der Waals surface area contributed by atoms with Crippen molar-refractivity contribution in [1.29, 1.82) is 0 Å². The van der Waals surface area contributed by atoms with E-state index in [-0.39, 0.29) is 16.0 Å². The van der Waals surface area contributed by atoms with Crippen LogP contribution in [0.25, 0.3) is 0 Å². The number of benzene rings is 1. The Morgan fingerprint density at radius 1 is 1.37 bits per heavy atom. The predicted molar refractivity (Wildman–Crippen MR) is 76.7 cm³/mol. The molecule has 0 saturated carbocycles. The SMILES string of the molecule is CC1CN(S(=O)(=O)c2ccc(N)c(Cl)c2)CCN1C. The van der Waals surface area contributed by atoms with Gasteiger partial charge in [0.1, 0.15) is 0 Å². The summed E-state index contributed by atoms with van der Waals surface area (Å²) in [6.07, 6.45) is 0. The van der Waals surface area contributed by atoms with Crippen LogP contribution in [0.5, 0.6) is 0 Å². The minimum atomic E-state index is -3.49. The summed E-state index contributed by atoms with van der Waals surface area (Å²) >= 11 is 5.89. The van der Waals surface area contributed by atoms with Crippen LogP contribution in [0, 0.1) is 0 Å². The van der Waals surface area contributed by atoms with Crippen molar-refractivity contribution < 1.29 is 8.42 Å². The normalized spacial score (nSPS) is 22.6. The molecule has 1 aliphatic heterocycles. The summed E-state index contributed by atoms with van der Waals surface area (Å²) in [6, 6.07) is 4.64. The molecule has 5 nitrogen and oxygen atoms in total. The zero-order valence-electron chi connectivity index (χ0n) is 11.0. The largest absolute Gasteiger partial charge is 0.398 e. The third kappa shape index (κ3) is 2.86. The Bertz CT molecular complexity index is 576. The number of sulfonamides is 1. The van der Waals surface area contributed by atoms with E-state index in [4.69, 9.17) is 17.3 Å². The molecule has 1 aromatic carbocycles. The van der Waals surface area contributed by atoms with E-state index in [2.05, 4.69) is 4.90 Å². The number of anilines is 1. The van der Waals surface area contributed by atoms with Gasteiger partial charge < -0.3 is 10.6 Å². The molecule has 2 rings (SSSR count). The Hall–Kier alpha value is -0.820. The van der Waals surface area contributed by atoms with Crippen molar-refractivity contribution in [2.45, 2.75) is 17.9 Å². The molecule has 7 heteroatoms. The summed E-state index contributed by atoms with van der Waals surface area (Å²) in [4.78, 5) is 2.34. The van der Waals surface area contributed by atoms with E-state index in [9.17, 15) is 8.42 Å². The first-order valence-electron chi connectivity index (χ1n) is 6.08. The van der Waals surface area contributed by atoms with Crippen LogP contribution in [0.4, 0.5) is 5.69 Å². The lowest BCUT2D eigenvalue weighted by Gasteiger charge is -2.36. The van der Waals surface area contributed by atoms with Gasteiger partial charge in [-0.05, 0) is 32.2 Å². The van der Waals surface area contributed by atoms with Crippen molar-refractivity contribution in [1.82, 2.24) is 9.21 Å². The highest BCUT2D eigenvalue weighted by atomic mass is 35.5. The summed E-state index contributed by atoms with van der Waals surface area (Å²) in [5.74, 6) is 0. The van der Waals surface area contributed by atoms with E-state index >= 15 is 0 Å². The molecular weight excluding hydrogens is 286 g/mol. The van der Waals surface area contributed by atoms with Crippen LogP contribution < -0.4 is 5.73 Å². The molecule has 1 aromatic rings. The van der Waals surface area contributed by atoms with Gasteiger partial charge in [0.2, 0.25) is 10.0 Å². The van der Waals surface area contributed by atoms with Crippen LogP contribution in [0.2, 0.25) is 5.02 Å². The van der Waals surface area contributed by atoms with Crippen LogP contribution >= 0.6 is 11.6 Å². The molecule has 0 aromatic heterocycles. The number of hydrogen-bond acceptors (Lipinski definition) is 4. The molecule has 1 atom stereocenters. The number of halogens is 1. The maximum Gasteiger partial charge on any atom is 0.243 e. The van der Waals surface area contributed by atoms with Gasteiger partial charge in [-0.1, -0.05) is 11.6 Å². The second kappa shape index (κ2) is 5.28. The summed E-state index contributed by atoms with van der Waals surface area (Å²) < 4.78 is 26.5. The molecule has 1 aliphatic rings. The molecule has 0 spiro atoms. The van der Waals surface area contributed by atoms with Crippen LogP contribution in [0.15, 0.2) is 23.1 Å². The summed E-state index contributed by atoms with van der Waals surface area (Å²) in [5, 5.41) is 0.267. The number of nitrogens with zero attached hydrogens (tertiary/aromatic N) is 2. The fraction of sp³-hybridized carbons (Fsp3) is 0.500. The van der Waals surface area contributed by atoms with E-state index in [1.54, 1.807) is 0 Å². The van der Waals surface area contributed by atoms with Gasteiger partial charge >= 0.3 is 0 Å². The number of nitrogens with two attached hydrogens (primary N) is 1. The highest BCUT2D eigenvalue weighted by Gasteiger charge is 2.30. The topological polar surface area (TPSA) is 66.6 Å². The Morgan fingerprint density at radius 3 is 2.63 bits per heavy atom. The van der Waals surface area contributed by atoms with Crippen molar-refractivity contribution in [2.24, 2.45) is 0 Å². The van der Waals surface area contributed by atoms with E-state index in [1.807, 2.05) is 14.0 Å². The lowest BCUT2D eigenvalue weighted by atomic mass is 10.2. The van der Waals surface area contributed by atoms with Crippen LogP contribution in [0.1, 0.15) is 6.92 Å². The molecule has 0 aliphatic carbocycles. The molecule has 0 amide bonds. The zero-order valence-corrected chi connectivity index (χ0v) is 12.6. The number of piperazine rings is 1. The number of nitrogen functional groups attached to an aromatic ring is 1. The molecule has 106 valence electrons. The fourth-order valence-corrected chi connectivity index (χ4v) is 3.83. The van der Waals surface area contributed by atoms with Gasteiger partial charge in [-0.25, -0.2) is 8.42 Å². The summed E-state index contributed by atoms with van der Waals surface area (Å²) in [7, 11) is -1.50. The minimum Gasteiger partial charge on any atom is -0.398 e. The standard InChI is InChI=1S/C12H18ClN3O2S/c1-9-8-16(6-5-15(9)2)19(17,18)10-3-4-12(14)11(13)7-10/h3-4,7,9H,5-6,8,14H2,1-2H3. The molecule has 1 unspecified atom stereocenters. The lowest BCUT2D eigenvalue weighted by molar-refractivity contribution is 0.159. The number of likely N-dealkylation sites (N-methyl/N-ethyl adjacent to an activating group) is 1. The van der Waals surface area contributed by atoms with Crippen LogP contribution in [-0.4, -0.2) is 50.3 Å². The second-order valence-electron chi connectivity index (χ2n) is 4.88. The molecule has 1 saturated heterocycles. The summed E-state index contributed by atoms with van der Waals surface area (Å²) in [5.41, 5.74) is 5.99. The molecule has 2 N–H and O–H groups in total. The molecular formula is C12H18ClN3O2S. The highest BCUT2D eigenvalue weighted by Crippen LogP contribution is 2.25. The third-order valence-electron chi connectivity index (χ3n) is 3.53. The van der Waals surface area contributed by atoms with Gasteiger partial charge in [0.25, 0.3) is 0 Å². The molecule has 0 bridgehead atoms. The van der Waals surface area contributed by atoms with Crippen LogP contribution in [-0.2, 0) is 10.0 Å². The number of hydrogen-bond donors (Lipinski definition) is 1. The van der Waals surface area contributed by atoms with Crippen molar-refractivity contribution >= 4 is 27.3 Å². The van der Waals surface area contributed by atoms with Crippen LogP contribution in [0.3, 0.4) is 0 Å². The van der Waals surface area contributed by atoms with E-state index in [1.165, 1.54) is 22.5 Å². The quantitative estimate of drug-likeness (QED) is 0.835. The monoisotopic (exact) mass is 303 g/mol. The highest BCUT2D eigenvalue weighted by molar-refractivity contribution is 7.89. The zero-order chi connectivity index (χ0) is 14.2. The van der Waals surface area contributed by atoms with Gasteiger partial charge in [-0.15, -0.1) is 0 Å². The predicted octanol–water partition coefficient (Wildman–Crippen LogP) is 1.25.